The minimum atomic E-state index is -0.0310. The molecule has 1 aliphatic heterocycles. The molecule has 60 valence electrons. The first kappa shape index (κ1) is 7.98. The lowest BCUT2D eigenvalue weighted by atomic mass is 10.1. The first-order chi connectivity index (χ1) is 4.86. The molecular weight excluding hydrogens is 132 g/mol. The molecule has 0 aromatic rings. The van der Waals surface area contributed by atoms with Crippen LogP contribution in [-0.4, -0.2) is 31.7 Å². The fourth-order valence-corrected chi connectivity index (χ4v) is 1.20. The SMILES string of the molecule is COC1C[C@H](CCO)CO1. The predicted molar refractivity (Wildman–Crippen MR) is 36.6 cm³/mol. The molecule has 3 heteroatoms. The normalized spacial score (nSPS) is 33.0. The molecule has 0 bridgehead atoms. The van der Waals surface area contributed by atoms with Gasteiger partial charge in [-0.2, -0.15) is 0 Å². The smallest absolute Gasteiger partial charge is 0.157 e. The van der Waals surface area contributed by atoms with E-state index in [0.717, 1.165) is 19.4 Å². The highest BCUT2D eigenvalue weighted by atomic mass is 16.7. The van der Waals surface area contributed by atoms with Gasteiger partial charge in [-0.25, -0.2) is 0 Å². The van der Waals surface area contributed by atoms with E-state index < -0.39 is 0 Å². The van der Waals surface area contributed by atoms with Gasteiger partial charge in [0.1, 0.15) is 0 Å². The van der Waals surface area contributed by atoms with Crippen molar-refractivity contribution in [2.45, 2.75) is 19.1 Å². The lowest BCUT2D eigenvalue weighted by Gasteiger charge is -2.04. The summed E-state index contributed by atoms with van der Waals surface area (Å²) in [6, 6.07) is 0. The van der Waals surface area contributed by atoms with Gasteiger partial charge in [0.2, 0.25) is 0 Å². The summed E-state index contributed by atoms with van der Waals surface area (Å²) in [6.45, 7) is 0.990. The van der Waals surface area contributed by atoms with Crippen LogP contribution in [0.3, 0.4) is 0 Å². The third-order valence-electron chi connectivity index (χ3n) is 1.84. The molecule has 0 aromatic carbocycles. The van der Waals surface area contributed by atoms with Gasteiger partial charge in [0.15, 0.2) is 6.29 Å². The van der Waals surface area contributed by atoms with Crippen molar-refractivity contribution in [3.8, 4) is 0 Å². The Balaban J connectivity index is 2.15. The maximum absolute atomic E-state index is 8.59. The Morgan fingerprint density at radius 2 is 2.50 bits per heavy atom. The molecule has 1 rings (SSSR count). The lowest BCUT2D eigenvalue weighted by Crippen LogP contribution is -2.06. The number of hydrogen-bond donors (Lipinski definition) is 1. The van der Waals surface area contributed by atoms with E-state index in [4.69, 9.17) is 14.6 Å². The predicted octanol–water partition coefficient (Wildman–Crippen LogP) is 0.378. The van der Waals surface area contributed by atoms with E-state index in [2.05, 4.69) is 0 Å². The maximum atomic E-state index is 8.59. The van der Waals surface area contributed by atoms with E-state index in [1.165, 1.54) is 0 Å². The van der Waals surface area contributed by atoms with Crippen molar-refractivity contribution in [3.05, 3.63) is 0 Å². The Labute approximate surface area is 60.9 Å². The van der Waals surface area contributed by atoms with Gasteiger partial charge in [-0.05, 0) is 12.3 Å². The summed E-state index contributed by atoms with van der Waals surface area (Å²) in [7, 11) is 1.64. The molecule has 0 aliphatic carbocycles. The zero-order chi connectivity index (χ0) is 7.40. The standard InChI is InChI=1S/C7H14O3/c1-9-7-4-6(2-3-8)5-10-7/h6-8H,2-5H2,1H3/t6-,7?/m0/s1. The molecule has 0 spiro atoms. The molecule has 3 nitrogen and oxygen atoms in total. The highest BCUT2D eigenvalue weighted by molar-refractivity contribution is 4.66. The van der Waals surface area contributed by atoms with E-state index >= 15 is 0 Å². The average molecular weight is 146 g/mol. The summed E-state index contributed by atoms with van der Waals surface area (Å²) in [5, 5.41) is 8.59. The number of rotatable bonds is 3. The van der Waals surface area contributed by atoms with Crippen LogP contribution in [0.15, 0.2) is 0 Å². The fraction of sp³-hybridized carbons (Fsp3) is 1.00. The quantitative estimate of drug-likeness (QED) is 0.625. The largest absolute Gasteiger partial charge is 0.396 e. The first-order valence-electron chi connectivity index (χ1n) is 3.62. The summed E-state index contributed by atoms with van der Waals surface area (Å²) < 4.78 is 10.2. The molecule has 1 heterocycles. The van der Waals surface area contributed by atoms with Gasteiger partial charge in [-0.3, -0.25) is 0 Å². The van der Waals surface area contributed by atoms with Gasteiger partial charge < -0.3 is 14.6 Å². The Bertz CT molecular complexity index is 94.9. The van der Waals surface area contributed by atoms with Crippen molar-refractivity contribution in [1.29, 1.82) is 0 Å². The average Bonchev–Trinajstić information content (AvgIpc) is 2.37. The highest BCUT2D eigenvalue weighted by Gasteiger charge is 2.24. The third kappa shape index (κ3) is 1.94. The van der Waals surface area contributed by atoms with Gasteiger partial charge in [0.25, 0.3) is 0 Å². The van der Waals surface area contributed by atoms with Gasteiger partial charge in [-0.1, -0.05) is 0 Å². The minimum Gasteiger partial charge on any atom is -0.396 e. The van der Waals surface area contributed by atoms with Crippen LogP contribution in [0.2, 0.25) is 0 Å². The van der Waals surface area contributed by atoms with Crippen LogP contribution in [0.5, 0.6) is 0 Å². The summed E-state index contributed by atoms with van der Waals surface area (Å²) in [4.78, 5) is 0. The summed E-state index contributed by atoms with van der Waals surface area (Å²) in [6.07, 6.45) is 1.73. The molecule has 10 heavy (non-hydrogen) atoms. The Kier molecular flexibility index (Phi) is 3.12. The summed E-state index contributed by atoms with van der Waals surface area (Å²) >= 11 is 0. The lowest BCUT2D eigenvalue weighted by molar-refractivity contribution is -0.0881. The molecule has 1 unspecified atom stereocenters. The molecule has 1 saturated heterocycles. The molecule has 2 atom stereocenters. The molecule has 1 aliphatic rings. The van der Waals surface area contributed by atoms with E-state index in [9.17, 15) is 0 Å². The van der Waals surface area contributed by atoms with E-state index in [-0.39, 0.29) is 12.9 Å². The van der Waals surface area contributed by atoms with E-state index in [0.29, 0.717) is 5.92 Å². The number of ether oxygens (including phenoxy) is 2. The van der Waals surface area contributed by atoms with Crippen molar-refractivity contribution in [2.75, 3.05) is 20.3 Å². The van der Waals surface area contributed by atoms with Crippen LogP contribution in [-0.2, 0) is 9.47 Å². The Morgan fingerprint density at radius 1 is 1.70 bits per heavy atom. The van der Waals surface area contributed by atoms with E-state index in [1.807, 2.05) is 0 Å². The van der Waals surface area contributed by atoms with Crippen molar-refractivity contribution in [3.63, 3.8) is 0 Å². The molecule has 1 fully saturated rings. The van der Waals surface area contributed by atoms with Crippen LogP contribution < -0.4 is 0 Å². The monoisotopic (exact) mass is 146 g/mol. The number of methoxy groups -OCH3 is 1. The zero-order valence-electron chi connectivity index (χ0n) is 6.25. The molecule has 0 radical (unpaired) electrons. The van der Waals surface area contributed by atoms with Crippen LogP contribution in [0, 0.1) is 5.92 Å². The van der Waals surface area contributed by atoms with Gasteiger partial charge in [-0.15, -0.1) is 0 Å². The molecule has 0 amide bonds. The third-order valence-corrected chi connectivity index (χ3v) is 1.84. The van der Waals surface area contributed by atoms with Crippen LogP contribution in [0.1, 0.15) is 12.8 Å². The van der Waals surface area contributed by atoms with Crippen LogP contribution in [0.25, 0.3) is 0 Å². The van der Waals surface area contributed by atoms with E-state index in [1.54, 1.807) is 7.11 Å². The van der Waals surface area contributed by atoms with Crippen LogP contribution >= 0.6 is 0 Å². The number of aliphatic hydroxyl groups excluding tert-OH is 1. The molecule has 0 aromatic heterocycles. The Hall–Kier alpha value is -0.120. The fourth-order valence-electron chi connectivity index (χ4n) is 1.20. The van der Waals surface area contributed by atoms with Gasteiger partial charge in [0.05, 0.1) is 6.61 Å². The maximum Gasteiger partial charge on any atom is 0.157 e. The molecular formula is C7H14O3. The first-order valence-corrected chi connectivity index (χ1v) is 3.62. The second-order valence-corrected chi connectivity index (χ2v) is 2.61. The minimum absolute atomic E-state index is 0.0310. The van der Waals surface area contributed by atoms with Crippen molar-refractivity contribution < 1.29 is 14.6 Å². The highest BCUT2D eigenvalue weighted by Crippen LogP contribution is 2.21. The van der Waals surface area contributed by atoms with Crippen molar-refractivity contribution in [2.24, 2.45) is 5.92 Å². The topological polar surface area (TPSA) is 38.7 Å². The summed E-state index contributed by atoms with van der Waals surface area (Å²) in [5.74, 6) is 0.495. The van der Waals surface area contributed by atoms with Crippen molar-refractivity contribution >= 4 is 0 Å². The van der Waals surface area contributed by atoms with Crippen molar-refractivity contribution in [1.82, 2.24) is 0 Å². The second kappa shape index (κ2) is 3.91. The number of aliphatic hydroxyl groups is 1. The molecule has 1 N–H and O–H groups in total. The zero-order valence-corrected chi connectivity index (χ0v) is 6.25. The summed E-state index contributed by atoms with van der Waals surface area (Å²) in [5.41, 5.74) is 0. The van der Waals surface area contributed by atoms with Gasteiger partial charge in [0, 0.05) is 20.1 Å². The second-order valence-electron chi connectivity index (χ2n) is 2.61. The molecule has 0 saturated carbocycles. The Morgan fingerprint density at radius 3 is 3.00 bits per heavy atom. The van der Waals surface area contributed by atoms with Gasteiger partial charge >= 0.3 is 0 Å². The number of hydrogen-bond acceptors (Lipinski definition) is 3. The van der Waals surface area contributed by atoms with Crippen LogP contribution in [0.4, 0.5) is 0 Å².